The third kappa shape index (κ3) is 5.80. The van der Waals surface area contributed by atoms with Crippen molar-refractivity contribution in [2.75, 3.05) is 0 Å². The molecule has 1 heterocycles. The third-order valence-electron chi connectivity index (χ3n) is 3.18. The average Bonchev–Trinajstić information content (AvgIpc) is 2.53. The molecule has 0 saturated carbocycles. The number of carbonyl (C=O) groups excluding carboxylic acids is 1. The van der Waals surface area contributed by atoms with Crippen molar-refractivity contribution in [2.45, 2.75) is 32.4 Å². The summed E-state index contributed by atoms with van der Waals surface area (Å²) in [6, 6.07) is 3.55. The van der Waals surface area contributed by atoms with E-state index in [0.29, 0.717) is 6.07 Å². The van der Waals surface area contributed by atoms with Gasteiger partial charge in [-0.3, -0.25) is 4.98 Å². The number of alkyl halides is 3. The van der Waals surface area contributed by atoms with Gasteiger partial charge in [0, 0.05) is 6.20 Å². The Morgan fingerprint density at radius 1 is 1.15 bits per heavy atom. The first-order valence-corrected chi connectivity index (χ1v) is 7.69. The van der Waals surface area contributed by atoms with E-state index in [9.17, 15) is 26.7 Å². The first-order valence-electron chi connectivity index (χ1n) is 7.69. The second-order valence-electron chi connectivity index (χ2n) is 5.64. The standard InChI is InChI=1S/C17H15F5N2O3/c1-9(2)26-16(25)24-14(15-11(18)4-3-7-23-15)10-5-6-13(12(19)8-10)27-17(20,21)22/h3-9,14H,1-2H3,(H,24,25)/t14-/m0/s1. The van der Waals surface area contributed by atoms with E-state index in [-0.39, 0.29) is 11.3 Å². The number of nitrogens with zero attached hydrogens (tertiary/aromatic N) is 1. The number of alkyl carbamates (subject to hydrolysis) is 1. The number of hydrogen-bond donors (Lipinski definition) is 1. The summed E-state index contributed by atoms with van der Waals surface area (Å²) in [6.07, 6.45) is -5.25. The molecule has 0 fully saturated rings. The number of aromatic nitrogens is 1. The third-order valence-corrected chi connectivity index (χ3v) is 3.18. The van der Waals surface area contributed by atoms with Crippen molar-refractivity contribution in [2.24, 2.45) is 0 Å². The summed E-state index contributed by atoms with van der Waals surface area (Å²) in [5.74, 6) is -3.20. The van der Waals surface area contributed by atoms with Crippen LogP contribution in [0.15, 0.2) is 36.5 Å². The molecule has 1 aromatic carbocycles. The zero-order valence-corrected chi connectivity index (χ0v) is 14.2. The molecule has 5 nitrogen and oxygen atoms in total. The molecule has 0 spiro atoms. The van der Waals surface area contributed by atoms with Gasteiger partial charge in [0.25, 0.3) is 0 Å². The van der Waals surface area contributed by atoms with Crippen molar-refractivity contribution in [3.8, 4) is 5.75 Å². The zero-order chi connectivity index (χ0) is 20.2. The molecule has 27 heavy (non-hydrogen) atoms. The van der Waals surface area contributed by atoms with Gasteiger partial charge in [-0.05, 0) is 43.7 Å². The number of hydrogen-bond acceptors (Lipinski definition) is 4. The lowest BCUT2D eigenvalue weighted by Crippen LogP contribution is -2.32. The molecule has 1 atom stereocenters. The van der Waals surface area contributed by atoms with Gasteiger partial charge in [-0.15, -0.1) is 13.2 Å². The van der Waals surface area contributed by atoms with Crippen molar-refractivity contribution in [1.29, 1.82) is 0 Å². The molecular formula is C17H15F5N2O3. The second kappa shape index (κ2) is 8.19. The molecule has 1 N–H and O–H groups in total. The van der Waals surface area contributed by atoms with E-state index < -0.39 is 42.0 Å². The number of amides is 1. The molecule has 146 valence electrons. The maximum Gasteiger partial charge on any atom is 0.573 e. The van der Waals surface area contributed by atoms with Crippen molar-refractivity contribution in [3.63, 3.8) is 0 Å². The van der Waals surface area contributed by atoms with Crippen molar-refractivity contribution < 1.29 is 36.2 Å². The maximum atomic E-state index is 14.1. The second-order valence-corrected chi connectivity index (χ2v) is 5.64. The summed E-state index contributed by atoms with van der Waals surface area (Å²) < 4.78 is 73.4. The molecule has 0 radical (unpaired) electrons. The Labute approximate surface area is 151 Å². The van der Waals surface area contributed by atoms with Crippen LogP contribution >= 0.6 is 0 Å². The Kier molecular flexibility index (Phi) is 6.19. The number of pyridine rings is 1. The van der Waals surface area contributed by atoms with Crippen LogP contribution in [-0.2, 0) is 4.74 Å². The van der Waals surface area contributed by atoms with Crippen LogP contribution in [0.2, 0.25) is 0 Å². The highest BCUT2D eigenvalue weighted by molar-refractivity contribution is 5.68. The Bertz CT molecular complexity index is 811. The lowest BCUT2D eigenvalue weighted by molar-refractivity contribution is -0.275. The van der Waals surface area contributed by atoms with Gasteiger partial charge in [-0.1, -0.05) is 6.07 Å². The smallest absolute Gasteiger partial charge is 0.447 e. The SMILES string of the molecule is CC(C)OC(=O)N[C@@H](c1ccc(OC(F)(F)F)c(F)c1)c1ncccc1F. The van der Waals surface area contributed by atoms with Crippen LogP contribution in [0.25, 0.3) is 0 Å². The topological polar surface area (TPSA) is 60.5 Å². The summed E-state index contributed by atoms with van der Waals surface area (Å²) in [5.41, 5.74) is -0.317. The lowest BCUT2D eigenvalue weighted by Gasteiger charge is -2.20. The quantitative estimate of drug-likeness (QED) is 0.765. The number of nitrogens with one attached hydrogen (secondary N) is 1. The van der Waals surface area contributed by atoms with E-state index >= 15 is 0 Å². The Morgan fingerprint density at radius 2 is 1.85 bits per heavy atom. The molecule has 0 unspecified atom stereocenters. The highest BCUT2D eigenvalue weighted by Gasteiger charge is 2.33. The maximum absolute atomic E-state index is 14.1. The van der Waals surface area contributed by atoms with Crippen LogP contribution in [0.1, 0.15) is 31.1 Å². The molecule has 0 bridgehead atoms. The first-order chi connectivity index (χ1) is 12.6. The molecule has 0 aliphatic heterocycles. The number of rotatable bonds is 5. The van der Waals surface area contributed by atoms with Gasteiger partial charge < -0.3 is 14.8 Å². The van der Waals surface area contributed by atoms with Gasteiger partial charge in [0.2, 0.25) is 0 Å². The highest BCUT2D eigenvalue weighted by atomic mass is 19.4. The number of carbonyl (C=O) groups is 1. The zero-order valence-electron chi connectivity index (χ0n) is 14.2. The molecular weight excluding hydrogens is 375 g/mol. The van der Waals surface area contributed by atoms with Crippen LogP contribution < -0.4 is 10.1 Å². The molecule has 1 aromatic heterocycles. The highest BCUT2D eigenvalue weighted by Crippen LogP contribution is 2.30. The molecule has 0 aliphatic carbocycles. The van der Waals surface area contributed by atoms with Crippen LogP contribution in [0.3, 0.4) is 0 Å². The van der Waals surface area contributed by atoms with Gasteiger partial charge in [0.1, 0.15) is 17.6 Å². The van der Waals surface area contributed by atoms with E-state index in [2.05, 4.69) is 15.0 Å². The fourth-order valence-electron chi connectivity index (χ4n) is 2.19. The number of ether oxygens (including phenoxy) is 2. The predicted molar refractivity (Wildman–Crippen MR) is 83.9 cm³/mol. The molecule has 2 rings (SSSR count). The Hall–Kier alpha value is -2.91. The molecule has 0 saturated heterocycles. The molecule has 10 heteroatoms. The van der Waals surface area contributed by atoms with Crippen LogP contribution in [0.5, 0.6) is 5.75 Å². The van der Waals surface area contributed by atoms with Gasteiger partial charge in [-0.25, -0.2) is 13.6 Å². The first kappa shape index (κ1) is 20.4. The van der Waals surface area contributed by atoms with Crippen LogP contribution in [-0.4, -0.2) is 23.5 Å². The van der Waals surface area contributed by atoms with E-state index in [0.717, 1.165) is 18.2 Å². The van der Waals surface area contributed by atoms with E-state index in [1.807, 2.05) is 0 Å². The molecule has 2 aromatic rings. The van der Waals surface area contributed by atoms with Gasteiger partial charge in [0.05, 0.1) is 6.10 Å². The summed E-state index contributed by atoms with van der Waals surface area (Å²) in [7, 11) is 0. The fourth-order valence-corrected chi connectivity index (χ4v) is 2.19. The van der Waals surface area contributed by atoms with E-state index in [4.69, 9.17) is 4.74 Å². The summed E-state index contributed by atoms with van der Waals surface area (Å²) in [6.45, 7) is 3.16. The van der Waals surface area contributed by atoms with Crippen molar-refractivity contribution in [1.82, 2.24) is 10.3 Å². The molecule has 0 aliphatic rings. The van der Waals surface area contributed by atoms with E-state index in [1.165, 1.54) is 12.3 Å². The average molecular weight is 390 g/mol. The Balaban J connectivity index is 2.40. The minimum absolute atomic E-state index is 0.0552. The van der Waals surface area contributed by atoms with Crippen LogP contribution in [0.4, 0.5) is 26.7 Å². The minimum atomic E-state index is -5.08. The normalized spacial score (nSPS) is 12.6. The summed E-state index contributed by atoms with van der Waals surface area (Å²) in [4.78, 5) is 15.7. The summed E-state index contributed by atoms with van der Waals surface area (Å²) in [5, 5.41) is 2.32. The fraction of sp³-hybridized carbons (Fsp3) is 0.294. The van der Waals surface area contributed by atoms with Gasteiger partial charge in [-0.2, -0.15) is 0 Å². The molecule has 1 amide bonds. The van der Waals surface area contributed by atoms with E-state index in [1.54, 1.807) is 13.8 Å². The number of halogens is 5. The Morgan fingerprint density at radius 3 is 2.41 bits per heavy atom. The van der Waals surface area contributed by atoms with Gasteiger partial charge >= 0.3 is 12.5 Å². The van der Waals surface area contributed by atoms with Crippen molar-refractivity contribution >= 4 is 6.09 Å². The lowest BCUT2D eigenvalue weighted by atomic mass is 10.0. The minimum Gasteiger partial charge on any atom is -0.447 e. The van der Waals surface area contributed by atoms with Crippen LogP contribution in [0, 0.1) is 11.6 Å². The number of benzene rings is 1. The predicted octanol–water partition coefficient (Wildman–Crippen LogP) is 4.48. The largest absolute Gasteiger partial charge is 0.573 e. The van der Waals surface area contributed by atoms with Crippen molar-refractivity contribution in [3.05, 3.63) is 59.4 Å². The monoisotopic (exact) mass is 390 g/mol. The van der Waals surface area contributed by atoms with Gasteiger partial charge in [0.15, 0.2) is 11.6 Å². The summed E-state index contributed by atoms with van der Waals surface area (Å²) >= 11 is 0.